The predicted octanol–water partition coefficient (Wildman–Crippen LogP) is 2.06. The second-order valence-corrected chi connectivity index (χ2v) is 6.31. The first-order chi connectivity index (χ1) is 13.2. The van der Waals surface area contributed by atoms with E-state index >= 15 is 0 Å². The number of benzene rings is 1. The number of aromatic nitrogens is 2. The average Bonchev–Trinajstić information content (AvgIpc) is 3.40. The van der Waals surface area contributed by atoms with Gasteiger partial charge in [-0.2, -0.15) is 4.98 Å². The van der Waals surface area contributed by atoms with Gasteiger partial charge in [-0.1, -0.05) is 23.4 Å². The van der Waals surface area contributed by atoms with Crippen molar-refractivity contribution in [3.05, 3.63) is 54.1 Å². The van der Waals surface area contributed by atoms with Gasteiger partial charge in [0, 0.05) is 12.0 Å². The van der Waals surface area contributed by atoms with Crippen molar-refractivity contribution >= 4 is 11.9 Å². The molecule has 2 aliphatic heterocycles. The third-order valence-corrected chi connectivity index (χ3v) is 4.76. The summed E-state index contributed by atoms with van der Waals surface area (Å²) >= 11 is 0. The fraction of sp³-hybridized carbons (Fsp3) is 0.222. The van der Waals surface area contributed by atoms with Crippen molar-refractivity contribution in [1.29, 1.82) is 0 Å². The summed E-state index contributed by atoms with van der Waals surface area (Å²) in [4.78, 5) is 31.0. The number of hydrogen-bond donors (Lipinski definition) is 1. The molecule has 136 valence electrons. The molecule has 9 heteroatoms. The summed E-state index contributed by atoms with van der Waals surface area (Å²) in [5.41, 5.74) is -0.477. The lowest BCUT2D eigenvalue weighted by Crippen LogP contribution is -2.47. The molecule has 1 spiro atoms. The van der Waals surface area contributed by atoms with Crippen molar-refractivity contribution in [1.82, 2.24) is 20.4 Å². The van der Waals surface area contributed by atoms with E-state index < -0.39 is 11.6 Å². The molecule has 4 heterocycles. The average molecular weight is 366 g/mol. The van der Waals surface area contributed by atoms with E-state index in [1.807, 2.05) is 12.1 Å². The van der Waals surface area contributed by atoms with Crippen LogP contribution in [0, 0.1) is 0 Å². The highest BCUT2D eigenvalue weighted by atomic mass is 16.5. The van der Waals surface area contributed by atoms with Gasteiger partial charge in [0.15, 0.2) is 11.3 Å². The molecule has 3 aromatic rings. The molecule has 27 heavy (non-hydrogen) atoms. The van der Waals surface area contributed by atoms with Crippen LogP contribution in [0.15, 0.2) is 51.6 Å². The normalized spacial score (nSPS) is 21.3. The van der Waals surface area contributed by atoms with Crippen LogP contribution in [0.1, 0.15) is 17.9 Å². The number of furan rings is 1. The highest BCUT2D eigenvalue weighted by molar-refractivity contribution is 6.07. The van der Waals surface area contributed by atoms with Gasteiger partial charge in [0.05, 0.1) is 12.9 Å². The summed E-state index contributed by atoms with van der Waals surface area (Å²) in [6.45, 7) is 0.212. The third kappa shape index (κ3) is 2.31. The molecule has 0 aliphatic carbocycles. The Hall–Kier alpha value is -3.62. The Kier molecular flexibility index (Phi) is 3.30. The second kappa shape index (κ2) is 5.70. The number of nitrogens with zero attached hydrogens (tertiary/aromatic N) is 3. The van der Waals surface area contributed by atoms with E-state index in [1.165, 1.54) is 6.26 Å². The zero-order valence-electron chi connectivity index (χ0n) is 14.0. The Labute approximate surface area is 152 Å². The highest BCUT2D eigenvalue weighted by Crippen LogP contribution is 2.41. The summed E-state index contributed by atoms with van der Waals surface area (Å²) in [6.07, 6.45) is 1.85. The van der Waals surface area contributed by atoms with Gasteiger partial charge in [-0.15, -0.1) is 0 Å². The van der Waals surface area contributed by atoms with Gasteiger partial charge in [-0.3, -0.25) is 9.69 Å². The van der Waals surface area contributed by atoms with Crippen molar-refractivity contribution in [3.63, 3.8) is 0 Å². The minimum Gasteiger partial charge on any atom is -0.493 e. The molecule has 2 aromatic heterocycles. The van der Waals surface area contributed by atoms with Crippen LogP contribution >= 0.6 is 0 Å². The largest absolute Gasteiger partial charge is 0.493 e. The number of para-hydroxylation sites is 1. The molecule has 0 radical (unpaired) electrons. The minimum absolute atomic E-state index is 0.122. The standard InChI is InChI=1S/C18H14N4O5/c23-16-18(7-9-26-12-5-2-1-4-11(12)18)20-17(24)22(16)10-14-19-15(21-27-14)13-6-3-8-25-13/h1-6,8H,7,9-10H2,(H,20,24). The molecule has 0 saturated carbocycles. The molecule has 2 aliphatic rings. The van der Waals surface area contributed by atoms with Crippen LogP contribution in [0.25, 0.3) is 11.6 Å². The number of fused-ring (bicyclic) bond motifs is 2. The Morgan fingerprint density at radius 3 is 2.93 bits per heavy atom. The predicted molar refractivity (Wildman–Crippen MR) is 89.3 cm³/mol. The maximum Gasteiger partial charge on any atom is 0.325 e. The zero-order chi connectivity index (χ0) is 18.4. The Morgan fingerprint density at radius 1 is 1.19 bits per heavy atom. The summed E-state index contributed by atoms with van der Waals surface area (Å²) in [6, 6.07) is 10.1. The molecular weight excluding hydrogens is 352 g/mol. The van der Waals surface area contributed by atoms with E-state index in [4.69, 9.17) is 13.7 Å². The molecule has 0 bridgehead atoms. The third-order valence-electron chi connectivity index (χ3n) is 4.76. The van der Waals surface area contributed by atoms with Gasteiger partial charge in [0.2, 0.25) is 11.7 Å². The molecule has 1 aromatic carbocycles. The van der Waals surface area contributed by atoms with Crippen molar-refractivity contribution < 1.29 is 23.3 Å². The number of imide groups is 1. The summed E-state index contributed by atoms with van der Waals surface area (Å²) in [5.74, 6) is 1.07. The fourth-order valence-corrected chi connectivity index (χ4v) is 3.48. The number of ether oxygens (including phenoxy) is 1. The van der Waals surface area contributed by atoms with E-state index in [0.717, 1.165) is 4.90 Å². The lowest BCUT2D eigenvalue weighted by molar-refractivity contribution is -0.133. The van der Waals surface area contributed by atoms with Gasteiger partial charge < -0.3 is 19.0 Å². The number of urea groups is 1. The van der Waals surface area contributed by atoms with E-state index in [-0.39, 0.29) is 24.2 Å². The van der Waals surface area contributed by atoms with Crippen molar-refractivity contribution in [2.45, 2.75) is 18.5 Å². The van der Waals surface area contributed by atoms with Gasteiger partial charge >= 0.3 is 6.03 Å². The first kappa shape index (κ1) is 15.6. The number of hydrogen-bond acceptors (Lipinski definition) is 7. The van der Waals surface area contributed by atoms with Crippen LogP contribution in [0.4, 0.5) is 4.79 Å². The van der Waals surface area contributed by atoms with Crippen LogP contribution in [-0.4, -0.2) is 33.6 Å². The quantitative estimate of drug-likeness (QED) is 0.706. The Balaban J connectivity index is 1.44. The van der Waals surface area contributed by atoms with Crippen molar-refractivity contribution in [3.8, 4) is 17.3 Å². The molecule has 1 unspecified atom stereocenters. The minimum atomic E-state index is -1.13. The van der Waals surface area contributed by atoms with Gasteiger partial charge in [0.1, 0.15) is 12.3 Å². The van der Waals surface area contributed by atoms with Crippen molar-refractivity contribution in [2.24, 2.45) is 0 Å². The molecule has 1 saturated heterocycles. The Bertz CT molecular complexity index is 1030. The number of carbonyl (C=O) groups excluding carboxylic acids is 2. The van der Waals surface area contributed by atoms with Crippen molar-refractivity contribution in [2.75, 3.05) is 6.61 Å². The van der Waals surface area contributed by atoms with E-state index in [0.29, 0.717) is 30.1 Å². The van der Waals surface area contributed by atoms with E-state index in [9.17, 15) is 9.59 Å². The van der Waals surface area contributed by atoms with Gasteiger partial charge in [-0.05, 0) is 18.2 Å². The highest BCUT2D eigenvalue weighted by Gasteiger charge is 2.55. The number of carbonyl (C=O) groups is 2. The second-order valence-electron chi connectivity index (χ2n) is 6.31. The monoisotopic (exact) mass is 366 g/mol. The lowest BCUT2D eigenvalue weighted by Gasteiger charge is -2.33. The number of nitrogens with one attached hydrogen (secondary N) is 1. The number of amides is 3. The van der Waals surface area contributed by atoms with Crippen LogP contribution in [-0.2, 0) is 16.9 Å². The molecule has 3 amide bonds. The van der Waals surface area contributed by atoms with E-state index in [2.05, 4.69) is 15.5 Å². The lowest BCUT2D eigenvalue weighted by atomic mass is 9.84. The molecular formula is C18H14N4O5. The molecule has 5 rings (SSSR count). The zero-order valence-corrected chi connectivity index (χ0v) is 14.0. The Morgan fingerprint density at radius 2 is 2.07 bits per heavy atom. The van der Waals surface area contributed by atoms with Gasteiger partial charge in [0.25, 0.3) is 5.91 Å². The summed E-state index contributed by atoms with van der Waals surface area (Å²) in [5, 5.41) is 6.65. The van der Waals surface area contributed by atoms with E-state index in [1.54, 1.807) is 24.3 Å². The van der Waals surface area contributed by atoms with Crippen LogP contribution < -0.4 is 10.1 Å². The topological polar surface area (TPSA) is 111 Å². The first-order valence-electron chi connectivity index (χ1n) is 8.40. The smallest absolute Gasteiger partial charge is 0.325 e. The fourth-order valence-electron chi connectivity index (χ4n) is 3.48. The summed E-state index contributed by atoms with van der Waals surface area (Å²) < 4.78 is 16.0. The maximum atomic E-state index is 13.2. The first-order valence-corrected chi connectivity index (χ1v) is 8.40. The van der Waals surface area contributed by atoms with Gasteiger partial charge in [-0.25, -0.2) is 4.79 Å². The summed E-state index contributed by atoms with van der Waals surface area (Å²) in [7, 11) is 0. The molecule has 1 atom stereocenters. The van der Waals surface area contributed by atoms with Crippen LogP contribution in [0.3, 0.4) is 0 Å². The molecule has 1 fully saturated rings. The molecule has 9 nitrogen and oxygen atoms in total. The van der Waals surface area contributed by atoms with Crippen LogP contribution in [0.5, 0.6) is 5.75 Å². The SMILES string of the molecule is O=C1NC2(CCOc3ccccc32)C(=O)N1Cc1nc(-c2ccco2)no1. The maximum absolute atomic E-state index is 13.2. The van der Waals surface area contributed by atoms with Crippen LogP contribution in [0.2, 0.25) is 0 Å². The number of rotatable bonds is 3. The molecule has 1 N–H and O–H groups in total.